The predicted molar refractivity (Wildman–Crippen MR) is 138 cm³/mol. The van der Waals surface area contributed by atoms with Crippen LogP contribution < -0.4 is 14.8 Å². The van der Waals surface area contributed by atoms with E-state index in [1.54, 1.807) is 24.3 Å². The van der Waals surface area contributed by atoms with Crippen molar-refractivity contribution in [3.05, 3.63) is 89.6 Å². The molecule has 0 aliphatic rings. The van der Waals surface area contributed by atoms with Crippen LogP contribution >= 0.6 is 0 Å². The number of nitrogens with one attached hydrogen (secondary N) is 2. The van der Waals surface area contributed by atoms with Gasteiger partial charge >= 0.3 is 0 Å². The van der Waals surface area contributed by atoms with Gasteiger partial charge in [0.1, 0.15) is 12.4 Å². The Morgan fingerprint density at radius 2 is 1.86 bits per heavy atom. The van der Waals surface area contributed by atoms with Crippen LogP contribution in [0.3, 0.4) is 0 Å². The molecule has 3 N–H and O–H groups in total. The number of nitrogens with zero attached hydrogens (tertiary/aromatic N) is 2. The maximum atomic E-state index is 11.4. The Bertz CT molecular complexity index is 1390. The maximum absolute atomic E-state index is 11.4. The fourth-order valence-electron chi connectivity index (χ4n) is 3.91. The van der Waals surface area contributed by atoms with Crippen LogP contribution in [-0.4, -0.2) is 49.3 Å². The standard InChI is InChI=1S/C26H30N4O4S/c1-19-24-12-11-23(16-25(24)30(28-19)18-20-7-4-3-5-8-20)34-14-13-27-17-26(31)21-9-6-10-22(15-21)29-35(2,32)33/h3-12,15-16,26-27,29,31H,13-14,17-18H2,1-2H3. The van der Waals surface area contributed by atoms with Crippen molar-refractivity contribution < 1.29 is 18.3 Å². The summed E-state index contributed by atoms with van der Waals surface area (Å²) >= 11 is 0. The highest BCUT2D eigenvalue weighted by molar-refractivity contribution is 7.92. The van der Waals surface area contributed by atoms with E-state index in [-0.39, 0.29) is 0 Å². The molecule has 9 heteroatoms. The fraction of sp³-hybridized carbons (Fsp3) is 0.269. The smallest absolute Gasteiger partial charge is 0.229 e. The van der Waals surface area contributed by atoms with Crippen molar-refractivity contribution in [1.82, 2.24) is 15.1 Å². The average Bonchev–Trinajstić information content (AvgIpc) is 3.13. The molecular formula is C26H30N4O4S. The van der Waals surface area contributed by atoms with E-state index in [2.05, 4.69) is 22.2 Å². The zero-order chi connectivity index (χ0) is 24.8. The van der Waals surface area contributed by atoms with Crippen molar-refractivity contribution in [2.75, 3.05) is 30.7 Å². The van der Waals surface area contributed by atoms with Gasteiger partial charge in [-0.15, -0.1) is 0 Å². The highest BCUT2D eigenvalue weighted by Gasteiger charge is 2.11. The number of hydrogen-bond donors (Lipinski definition) is 3. The van der Waals surface area contributed by atoms with Gasteiger partial charge in [0.25, 0.3) is 0 Å². The summed E-state index contributed by atoms with van der Waals surface area (Å²) in [6, 6.07) is 22.9. The zero-order valence-electron chi connectivity index (χ0n) is 19.8. The SMILES string of the molecule is Cc1nn(Cc2ccccc2)c2cc(OCCNCC(O)c3cccc(NS(C)(=O)=O)c3)ccc12. The van der Waals surface area contributed by atoms with Gasteiger partial charge in [-0.25, -0.2) is 8.42 Å². The summed E-state index contributed by atoms with van der Waals surface area (Å²) in [6.07, 6.45) is 0.316. The van der Waals surface area contributed by atoms with E-state index < -0.39 is 16.1 Å². The molecule has 0 aliphatic carbocycles. The molecule has 35 heavy (non-hydrogen) atoms. The lowest BCUT2D eigenvalue weighted by atomic mass is 10.1. The number of aliphatic hydroxyl groups is 1. The highest BCUT2D eigenvalue weighted by Crippen LogP contribution is 2.24. The number of hydrogen-bond acceptors (Lipinski definition) is 6. The first kappa shape index (κ1) is 24.7. The minimum absolute atomic E-state index is 0.313. The number of aromatic nitrogens is 2. The molecule has 0 saturated heterocycles. The van der Waals surface area contributed by atoms with E-state index in [4.69, 9.17) is 9.84 Å². The maximum Gasteiger partial charge on any atom is 0.229 e. The molecule has 8 nitrogen and oxygen atoms in total. The Labute approximate surface area is 205 Å². The van der Waals surface area contributed by atoms with Crippen LogP contribution in [0.2, 0.25) is 0 Å². The second kappa shape index (κ2) is 10.9. The highest BCUT2D eigenvalue weighted by atomic mass is 32.2. The van der Waals surface area contributed by atoms with E-state index in [1.165, 1.54) is 5.56 Å². The number of sulfonamides is 1. The molecule has 4 aromatic rings. The summed E-state index contributed by atoms with van der Waals surface area (Å²) in [5.74, 6) is 0.758. The monoisotopic (exact) mass is 494 g/mol. The number of aryl methyl sites for hydroxylation is 1. The molecule has 184 valence electrons. The third-order valence-electron chi connectivity index (χ3n) is 5.54. The largest absolute Gasteiger partial charge is 0.492 e. The first-order valence-electron chi connectivity index (χ1n) is 11.4. The van der Waals surface area contributed by atoms with Crippen molar-refractivity contribution in [1.29, 1.82) is 0 Å². The van der Waals surface area contributed by atoms with Crippen molar-refractivity contribution in [2.24, 2.45) is 0 Å². The van der Waals surface area contributed by atoms with E-state index in [1.807, 2.05) is 48.0 Å². The van der Waals surface area contributed by atoms with Gasteiger partial charge in [-0.2, -0.15) is 5.10 Å². The van der Waals surface area contributed by atoms with Crippen LogP contribution in [0.1, 0.15) is 22.9 Å². The van der Waals surface area contributed by atoms with Gasteiger partial charge < -0.3 is 15.2 Å². The van der Waals surface area contributed by atoms with E-state index >= 15 is 0 Å². The van der Waals surface area contributed by atoms with Gasteiger partial charge in [0.15, 0.2) is 0 Å². The van der Waals surface area contributed by atoms with Crippen LogP contribution in [0.5, 0.6) is 5.75 Å². The molecule has 0 amide bonds. The van der Waals surface area contributed by atoms with Gasteiger partial charge in [-0.1, -0.05) is 42.5 Å². The molecule has 0 saturated carbocycles. The minimum Gasteiger partial charge on any atom is -0.492 e. The molecule has 1 heterocycles. The van der Waals surface area contributed by atoms with E-state index in [9.17, 15) is 13.5 Å². The normalized spacial score (nSPS) is 12.5. The van der Waals surface area contributed by atoms with Crippen LogP contribution in [0.4, 0.5) is 5.69 Å². The van der Waals surface area contributed by atoms with E-state index in [0.717, 1.165) is 28.6 Å². The second-order valence-corrected chi connectivity index (χ2v) is 10.2. The molecule has 1 unspecified atom stereocenters. The van der Waals surface area contributed by atoms with Crippen molar-refractivity contribution in [3.63, 3.8) is 0 Å². The summed E-state index contributed by atoms with van der Waals surface area (Å²) in [5.41, 5.74) is 4.23. The van der Waals surface area contributed by atoms with Crippen LogP contribution in [0.15, 0.2) is 72.8 Å². The molecule has 4 rings (SSSR count). The van der Waals surface area contributed by atoms with Crippen molar-refractivity contribution in [3.8, 4) is 5.75 Å². The molecule has 1 aromatic heterocycles. The van der Waals surface area contributed by atoms with Gasteiger partial charge in [0.05, 0.1) is 30.1 Å². The van der Waals surface area contributed by atoms with Crippen LogP contribution in [-0.2, 0) is 16.6 Å². The molecule has 0 fully saturated rings. The summed E-state index contributed by atoms with van der Waals surface area (Å²) in [4.78, 5) is 0. The Kier molecular flexibility index (Phi) is 7.70. The topological polar surface area (TPSA) is 105 Å². The van der Waals surface area contributed by atoms with E-state index in [0.29, 0.717) is 37.5 Å². The summed E-state index contributed by atoms with van der Waals surface area (Å²) in [7, 11) is -3.37. The Hall–Kier alpha value is -3.40. The van der Waals surface area contributed by atoms with Gasteiger partial charge in [-0.3, -0.25) is 9.40 Å². The number of anilines is 1. The number of aliphatic hydroxyl groups excluding tert-OH is 1. The minimum atomic E-state index is -3.37. The third kappa shape index (κ3) is 6.82. The molecule has 0 radical (unpaired) electrons. The third-order valence-corrected chi connectivity index (χ3v) is 6.15. The Morgan fingerprint density at radius 3 is 2.63 bits per heavy atom. The first-order valence-corrected chi connectivity index (χ1v) is 13.3. The summed E-state index contributed by atoms with van der Waals surface area (Å²) in [6.45, 7) is 3.98. The molecule has 0 aliphatic heterocycles. The lowest BCUT2D eigenvalue weighted by Gasteiger charge is -2.14. The lowest BCUT2D eigenvalue weighted by molar-refractivity contribution is 0.172. The quantitative estimate of drug-likeness (QED) is 0.276. The number of ether oxygens (including phenoxy) is 1. The first-order chi connectivity index (χ1) is 16.8. The molecular weight excluding hydrogens is 464 g/mol. The number of fused-ring (bicyclic) bond motifs is 1. The number of benzene rings is 3. The fourth-order valence-corrected chi connectivity index (χ4v) is 4.46. The Balaban J connectivity index is 1.30. The van der Waals surface area contributed by atoms with Crippen LogP contribution in [0, 0.1) is 6.92 Å². The summed E-state index contributed by atoms with van der Waals surface area (Å²) < 4.78 is 33.2. The summed E-state index contributed by atoms with van der Waals surface area (Å²) in [5, 5.41) is 19.4. The molecule has 1 atom stereocenters. The van der Waals surface area contributed by atoms with Crippen molar-refractivity contribution in [2.45, 2.75) is 19.6 Å². The van der Waals surface area contributed by atoms with Gasteiger partial charge in [0, 0.05) is 30.2 Å². The molecule has 3 aromatic carbocycles. The second-order valence-electron chi connectivity index (χ2n) is 8.48. The number of rotatable bonds is 11. The predicted octanol–water partition coefficient (Wildman–Crippen LogP) is 3.47. The Morgan fingerprint density at radius 1 is 1.06 bits per heavy atom. The molecule has 0 bridgehead atoms. The average molecular weight is 495 g/mol. The zero-order valence-corrected chi connectivity index (χ0v) is 20.6. The molecule has 0 spiro atoms. The lowest BCUT2D eigenvalue weighted by Crippen LogP contribution is -2.26. The van der Waals surface area contributed by atoms with Crippen molar-refractivity contribution >= 4 is 26.6 Å². The van der Waals surface area contributed by atoms with Gasteiger partial charge in [-0.05, 0) is 42.3 Å². The van der Waals surface area contributed by atoms with Crippen LogP contribution in [0.25, 0.3) is 10.9 Å². The van der Waals surface area contributed by atoms with Gasteiger partial charge in [0.2, 0.25) is 10.0 Å².